The third kappa shape index (κ3) is 2.87. The van der Waals surface area contributed by atoms with Crippen LogP contribution in [-0.4, -0.2) is 62.0 Å². The second-order valence-electron chi connectivity index (χ2n) is 6.42. The van der Waals surface area contributed by atoms with Gasteiger partial charge in [-0.2, -0.15) is 4.98 Å². The van der Waals surface area contributed by atoms with E-state index in [1.54, 1.807) is 10.7 Å². The predicted molar refractivity (Wildman–Crippen MR) is 93.2 cm³/mol. The SMILES string of the molecule is Cc1ccnc2nc(C(=O)N3CCN(C)CC3c3ccccc3)nn12. The maximum absolute atomic E-state index is 13.1. The first kappa shape index (κ1) is 15.7. The lowest BCUT2D eigenvalue weighted by Crippen LogP contribution is -2.49. The molecule has 1 fully saturated rings. The molecular formula is C18H20N6O. The number of aryl methyl sites for hydroxylation is 1. The molecule has 1 aliphatic rings. The highest BCUT2D eigenvalue weighted by atomic mass is 16.2. The van der Waals surface area contributed by atoms with Gasteiger partial charge in [0.15, 0.2) is 0 Å². The largest absolute Gasteiger partial charge is 0.326 e. The maximum Gasteiger partial charge on any atom is 0.294 e. The Labute approximate surface area is 145 Å². The highest BCUT2D eigenvalue weighted by Crippen LogP contribution is 2.26. The molecule has 0 saturated carbocycles. The minimum Gasteiger partial charge on any atom is -0.326 e. The van der Waals surface area contributed by atoms with Crippen LogP contribution < -0.4 is 0 Å². The highest BCUT2D eigenvalue weighted by molar-refractivity contribution is 5.91. The zero-order valence-electron chi connectivity index (χ0n) is 14.3. The van der Waals surface area contributed by atoms with Crippen molar-refractivity contribution in [1.82, 2.24) is 29.4 Å². The molecule has 4 rings (SSSR count). The second kappa shape index (κ2) is 6.25. The van der Waals surface area contributed by atoms with Crippen LogP contribution in [0.4, 0.5) is 0 Å². The Balaban J connectivity index is 1.70. The van der Waals surface area contributed by atoms with E-state index in [0.717, 1.165) is 24.3 Å². The Morgan fingerprint density at radius 3 is 2.72 bits per heavy atom. The molecule has 1 aromatic carbocycles. The van der Waals surface area contributed by atoms with Crippen LogP contribution in [0, 0.1) is 6.92 Å². The number of benzene rings is 1. The first-order valence-corrected chi connectivity index (χ1v) is 8.36. The van der Waals surface area contributed by atoms with Crippen molar-refractivity contribution in [1.29, 1.82) is 0 Å². The molecule has 0 radical (unpaired) electrons. The van der Waals surface area contributed by atoms with E-state index in [9.17, 15) is 4.79 Å². The average Bonchev–Trinajstić information content (AvgIpc) is 3.07. The highest BCUT2D eigenvalue weighted by Gasteiger charge is 2.32. The van der Waals surface area contributed by atoms with Gasteiger partial charge in [0.25, 0.3) is 11.7 Å². The Morgan fingerprint density at radius 2 is 1.96 bits per heavy atom. The number of carbonyl (C=O) groups is 1. The molecule has 0 N–H and O–H groups in total. The summed E-state index contributed by atoms with van der Waals surface area (Å²) in [5, 5.41) is 4.37. The van der Waals surface area contributed by atoms with E-state index in [0.29, 0.717) is 12.3 Å². The number of nitrogens with zero attached hydrogens (tertiary/aromatic N) is 6. The number of fused-ring (bicyclic) bond motifs is 1. The van der Waals surface area contributed by atoms with E-state index in [1.807, 2.05) is 36.1 Å². The second-order valence-corrected chi connectivity index (χ2v) is 6.42. The fourth-order valence-electron chi connectivity index (χ4n) is 3.25. The molecule has 2 aromatic heterocycles. The molecule has 1 saturated heterocycles. The molecule has 0 bridgehead atoms. The van der Waals surface area contributed by atoms with Gasteiger partial charge in [0.05, 0.1) is 6.04 Å². The summed E-state index contributed by atoms with van der Waals surface area (Å²) in [6.45, 7) is 4.19. The van der Waals surface area contributed by atoms with Gasteiger partial charge < -0.3 is 9.80 Å². The van der Waals surface area contributed by atoms with Crippen LogP contribution in [0.2, 0.25) is 0 Å². The normalized spacial score (nSPS) is 18.6. The molecule has 25 heavy (non-hydrogen) atoms. The van der Waals surface area contributed by atoms with Crippen LogP contribution in [-0.2, 0) is 0 Å². The van der Waals surface area contributed by atoms with Gasteiger partial charge in [-0.3, -0.25) is 4.79 Å². The van der Waals surface area contributed by atoms with E-state index in [1.165, 1.54) is 0 Å². The zero-order valence-corrected chi connectivity index (χ0v) is 14.3. The van der Waals surface area contributed by atoms with Crippen molar-refractivity contribution in [2.45, 2.75) is 13.0 Å². The van der Waals surface area contributed by atoms with Crippen molar-refractivity contribution in [2.24, 2.45) is 0 Å². The number of aromatic nitrogens is 4. The predicted octanol–water partition coefficient (Wildman–Crippen LogP) is 1.56. The van der Waals surface area contributed by atoms with Gasteiger partial charge in [-0.1, -0.05) is 30.3 Å². The number of likely N-dealkylation sites (N-methyl/N-ethyl adjacent to an activating group) is 1. The fourth-order valence-corrected chi connectivity index (χ4v) is 3.25. The molecular weight excluding hydrogens is 316 g/mol. The smallest absolute Gasteiger partial charge is 0.294 e. The summed E-state index contributed by atoms with van der Waals surface area (Å²) < 4.78 is 1.61. The van der Waals surface area contributed by atoms with Gasteiger partial charge in [-0.05, 0) is 25.6 Å². The van der Waals surface area contributed by atoms with Gasteiger partial charge in [0.2, 0.25) is 5.82 Å². The zero-order chi connectivity index (χ0) is 17.4. The van der Waals surface area contributed by atoms with Gasteiger partial charge in [0, 0.05) is 31.5 Å². The summed E-state index contributed by atoms with van der Waals surface area (Å²) >= 11 is 0. The Morgan fingerprint density at radius 1 is 1.16 bits per heavy atom. The Kier molecular flexibility index (Phi) is 3.93. The molecule has 7 nitrogen and oxygen atoms in total. The number of amides is 1. The van der Waals surface area contributed by atoms with Gasteiger partial charge >= 0.3 is 0 Å². The molecule has 1 aliphatic heterocycles. The van der Waals surface area contributed by atoms with Crippen molar-refractivity contribution in [3.05, 3.63) is 59.7 Å². The molecule has 128 valence electrons. The molecule has 7 heteroatoms. The lowest BCUT2D eigenvalue weighted by Gasteiger charge is -2.39. The van der Waals surface area contributed by atoms with Crippen LogP contribution in [0.5, 0.6) is 0 Å². The average molecular weight is 336 g/mol. The maximum atomic E-state index is 13.1. The first-order valence-electron chi connectivity index (χ1n) is 8.36. The lowest BCUT2D eigenvalue weighted by molar-refractivity contribution is 0.0486. The standard InChI is InChI=1S/C18H20N6O/c1-13-8-9-19-18-20-16(21-24(13)18)17(25)23-11-10-22(2)12-15(23)14-6-4-3-5-7-14/h3-9,15H,10-12H2,1-2H3. The number of piperazine rings is 1. The third-order valence-electron chi connectivity index (χ3n) is 4.65. The minimum atomic E-state index is -0.146. The van der Waals surface area contributed by atoms with Crippen molar-refractivity contribution in [3.8, 4) is 0 Å². The van der Waals surface area contributed by atoms with E-state index in [2.05, 4.69) is 39.1 Å². The van der Waals surface area contributed by atoms with Crippen LogP contribution in [0.25, 0.3) is 5.78 Å². The quantitative estimate of drug-likeness (QED) is 0.710. The van der Waals surface area contributed by atoms with Crippen molar-refractivity contribution < 1.29 is 4.79 Å². The van der Waals surface area contributed by atoms with Gasteiger partial charge in [0.1, 0.15) is 0 Å². The number of hydrogen-bond acceptors (Lipinski definition) is 5. The summed E-state index contributed by atoms with van der Waals surface area (Å²) in [6, 6.07) is 12.0. The number of rotatable bonds is 2. The molecule has 1 amide bonds. The molecule has 0 spiro atoms. The number of hydrogen-bond donors (Lipinski definition) is 0. The van der Waals surface area contributed by atoms with Gasteiger partial charge in [-0.25, -0.2) is 9.50 Å². The van der Waals surface area contributed by atoms with E-state index in [4.69, 9.17) is 0 Å². The van der Waals surface area contributed by atoms with Gasteiger partial charge in [-0.15, -0.1) is 5.10 Å². The summed E-state index contributed by atoms with van der Waals surface area (Å²) in [5.74, 6) is 0.507. The lowest BCUT2D eigenvalue weighted by atomic mass is 10.0. The molecule has 1 unspecified atom stereocenters. The summed E-state index contributed by atoms with van der Waals surface area (Å²) in [4.78, 5) is 25.7. The van der Waals surface area contributed by atoms with E-state index < -0.39 is 0 Å². The van der Waals surface area contributed by atoms with Crippen molar-refractivity contribution in [2.75, 3.05) is 26.7 Å². The summed E-state index contributed by atoms with van der Waals surface area (Å²) in [6.07, 6.45) is 1.68. The van der Waals surface area contributed by atoms with Crippen LogP contribution >= 0.6 is 0 Å². The third-order valence-corrected chi connectivity index (χ3v) is 4.65. The first-order chi connectivity index (χ1) is 12.1. The Bertz CT molecular complexity index is 906. The molecule has 0 aliphatic carbocycles. The number of carbonyl (C=O) groups excluding carboxylic acids is 1. The van der Waals surface area contributed by atoms with E-state index in [-0.39, 0.29) is 17.8 Å². The van der Waals surface area contributed by atoms with Crippen LogP contribution in [0.1, 0.15) is 27.9 Å². The topological polar surface area (TPSA) is 66.6 Å². The Hall–Kier alpha value is -2.80. The molecule has 3 aromatic rings. The van der Waals surface area contributed by atoms with Crippen molar-refractivity contribution >= 4 is 11.7 Å². The molecule has 1 atom stereocenters. The van der Waals surface area contributed by atoms with E-state index >= 15 is 0 Å². The van der Waals surface area contributed by atoms with Crippen LogP contribution in [0.15, 0.2) is 42.6 Å². The summed E-state index contributed by atoms with van der Waals surface area (Å²) in [7, 11) is 2.08. The molecule has 3 heterocycles. The van der Waals surface area contributed by atoms with Crippen molar-refractivity contribution in [3.63, 3.8) is 0 Å². The monoisotopic (exact) mass is 336 g/mol. The summed E-state index contributed by atoms with van der Waals surface area (Å²) in [5.41, 5.74) is 2.02. The van der Waals surface area contributed by atoms with Crippen LogP contribution in [0.3, 0.4) is 0 Å². The minimum absolute atomic E-state index is 0.00637. The fraction of sp³-hybridized carbons (Fsp3) is 0.333.